The van der Waals surface area contributed by atoms with Crippen molar-refractivity contribution in [3.63, 3.8) is 0 Å². The molecule has 7 nitrogen and oxygen atoms in total. The standard InChI is InChI=1S/C30H18O7/c31-17-5-1-3-12-23(17)21(35)11-16-25-27(36)24-13(4-2-6-18(24)32)30(28(25)37)15-8-10-20(34)26-19(33)9-7-14(22(15)26)29(12,16)30/h1-10,16,25,31-34H,11H2/t16-,25+,29?,30?/m1/s1. The van der Waals surface area contributed by atoms with Gasteiger partial charge in [0, 0.05) is 11.8 Å². The summed E-state index contributed by atoms with van der Waals surface area (Å²) in [4.78, 5) is 42.1. The van der Waals surface area contributed by atoms with Crippen molar-refractivity contribution in [2.24, 2.45) is 11.8 Å². The van der Waals surface area contributed by atoms with Gasteiger partial charge in [0.15, 0.2) is 17.3 Å². The molecule has 4 N–H and O–H groups in total. The predicted octanol–water partition coefficient (Wildman–Crippen LogP) is 3.85. The van der Waals surface area contributed by atoms with Crippen molar-refractivity contribution in [2.75, 3.05) is 0 Å². The molecular formula is C30H18O7. The average Bonchev–Trinajstić information content (AvgIpc) is 3.21. The zero-order valence-corrected chi connectivity index (χ0v) is 19.1. The van der Waals surface area contributed by atoms with Gasteiger partial charge in [-0.25, -0.2) is 0 Å². The van der Waals surface area contributed by atoms with Crippen LogP contribution in [-0.4, -0.2) is 37.8 Å². The number of Topliss-reactive ketones (excluding diaryl/α,β-unsaturated/α-hetero) is 3. The van der Waals surface area contributed by atoms with E-state index in [0.29, 0.717) is 27.6 Å². The predicted molar refractivity (Wildman–Crippen MR) is 130 cm³/mol. The van der Waals surface area contributed by atoms with E-state index in [2.05, 4.69) is 0 Å². The normalized spacial score (nSPS) is 28.2. The lowest BCUT2D eigenvalue weighted by molar-refractivity contribution is -0.124. The Kier molecular flexibility index (Phi) is 3.33. The van der Waals surface area contributed by atoms with Gasteiger partial charge in [-0.15, -0.1) is 0 Å². The van der Waals surface area contributed by atoms with Crippen LogP contribution in [0.15, 0.2) is 60.7 Å². The zero-order chi connectivity index (χ0) is 25.6. The fourth-order valence-corrected chi connectivity index (χ4v) is 8.33. The molecule has 0 aliphatic heterocycles. The summed E-state index contributed by atoms with van der Waals surface area (Å²) in [6.07, 6.45) is -0.161. The number of aromatic hydroxyl groups is 4. The number of phenols is 4. The first-order chi connectivity index (χ1) is 17.8. The third-order valence-corrected chi connectivity index (χ3v) is 9.27. The summed E-state index contributed by atoms with van der Waals surface area (Å²) in [5.74, 6) is -4.06. The molecule has 180 valence electrons. The van der Waals surface area contributed by atoms with Crippen molar-refractivity contribution >= 4 is 28.1 Å². The van der Waals surface area contributed by atoms with Gasteiger partial charge in [0.2, 0.25) is 0 Å². The smallest absolute Gasteiger partial charge is 0.177 e. The molecule has 1 fully saturated rings. The molecule has 2 unspecified atom stereocenters. The Bertz CT molecular complexity index is 1830. The quantitative estimate of drug-likeness (QED) is 0.275. The largest absolute Gasteiger partial charge is 0.507 e. The number of rotatable bonds is 0. The van der Waals surface area contributed by atoms with Crippen LogP contribution in [0.1, 0.15) is 49.4 Å². The highest BCUT2D eigenvalue weighted by molar-refractivity contribution is 6.28. The number of hydrogen-bond donors (Lipinski definition) is 4. The van der Waals surface area contributed by atoms with Gasteiger partial charge in [-0.2, -0.15) is 0 Å². The van der Waals surface area contributed by atoms with Crippen LogP contribution in [0.3, 0.4) is 0 Å². The summed E-state index contributed by atoms with van der Waals surface area (Å²) in [7, 11) is 0. The molecule has 2 bridgehead atoms. The molecule has 2 spiro atoms. The molecule has 4 atom stereocenters. The molecule has 4 aromatic rings. The lowest BCUT2D eigenvalue weighted by Crippen LogP contribution is -2.53. The Hall–Kier alpha value is -4.65. The van der Waals surface area contributed by atoms with Gasteiger partial charge in [0.05, 0.1) is 27.8 Å². The molecule has 4 aliphatic rings. The number of ketones is 3. The van der Waals surface area contributed by atoms with Crippen molar-refractivity contribution in [1.29, 1.82) is 0 Å². The van der Waals surface area contributed by atoms with Gasteiger partial charge in [-0.05, 0) is 57.8 Å². The van der Waals surface area contributed by atoms with E-state index in [4.69, 9.17) is 0 Å². The Morgan fingerprint density at radius 2 is 1.24 bits per heavy atom. The SMILES string of the molecule is O=C1C[C@@H]2[C@H]3C(=O)c4c(O)cccc4C4(C3=O)c3ccc(O)c5c(O)ccc(c35)C24c2cccc(O)c21. The van der Waals surface area contributed by atoms with Gasteiger partial charge in [-0.3, -0.25) is 14.4 Å². The van der Waals surface area contributed by atoms with Crippen LogP contribution in [-0.2, 0) is 15.6 Å². The molecule has 0 aromatic heterocycles. The van der Waals surface area contributed by atoms with E-state index in [9.17, 15) is 34.8 Å². The van der Waals surface area contributed by atoms with Crippen LogP contribution < -0.4 is 0 Å². The summed E-state index contributed by atoms with van der Waals surface area (Å²) in [6.45, 7) is 0. The van der Waals surface area contributed by atoms with Gasteiger partial charge < -0.3 is 20.4 Å². The first kappa shape index (κ1) is 20.5. The lowest BCUT2D eigenvalue weighted by atomic mass is 9.51. The second-order valence-corrected chi connectivity index (χ2v) is 10.4. The molecule has 37 heavy (non-hydrogen) atoms. The minimum absolute atomic E-state index is 0.0493. The lowest BCUT2D eigenvalue weighted by Gasteiger charge is -2.47. The molecule has 7 heteroatoms. The third-order valence-electron chi connectivity index (χ3n) is 9.27. The van der Waals surface area contributed by atoms with Crippen molar-refractivity contribution in [3.05, 3.63) is 94.0 Å². The fourth-order valence-electron chi connectivity index (χ4n) is 8.33. The molecule has 1 saturated carbocycles. The number of fused-ring (bicyclic) bond motifs is 4. The number of carbonyl (C=O) groups excluding carboxylic acids is 3. The molecule has 8 rings (SSSR count). The van der Waals surface area contributed by atoms with Crippen molar-refractivity contribution in [1.82, 2.24) is 0 Å². The van der Waals surface area contributed by atoms with Crippen molar-refractivity contribution in [3.8, 4) is 23.0 Å². The number of carbonyl (C=O) groups is 3. The molecule has 4 aliphatic carbocycles. The Balaban J connectivity index is 1.71. The van der Waals surface area contributed by atoms with Gasteiger partial charge >= 0.3 is 0 Å². The van der Waals surface area contributed by atoms with Gasteiger partial charge in [-0.1, -0.05) is 36.4 Å². The Morgan fingerprint density at radius 1 is 0.622 bits per heavy atom. The zero-order valence-electron chi connectivity index (χ0n) is 19.1. The minimum atomic E-state index is -1.53. The van der Waals surface area contributed by atoms with Crippen LogP contribution in [0.4, 0.5) is 0 Å². The first-order valence-corrected chi connectivity index (χ1v) is 12.0. The Morgan fingerprint density at radius 3 is 1.95 bits per heavy atom. The number of hydrogen-bond acceptors (Lipinski definition) is 7. The first-order valence-electron chi connectivity index (χ1n) is 12.0. The highest BCUT2D eigenvalue weighted by Crippen LogP contribution is 2.75. The molecule has 0 amide bonds. The number of benzene rings is 4. The van der Waals surface area contributed by atoms with E-state index in [1.54, 1.807) is 36.4 Å². The Labute approximate surface area is 209 Å². The topological polar surface area (TPSA) is 132 Å². The second-order valence-electron chi connectivity index (χ2n) is 10.4. The molecule has 0 saturated heterocycles. The van der Waals surface area contributed by atoms with E-state index in [1.807, 2.05) is 0 Å². The monoisotopic (exact) mass is 490 g/mol. The van der Waals surface area contributed by atoms with Crippen LogP contribution >= 0.6 is 0 Å². The van der Waals surface area contributed by atoms with Crippen LogP contribution in [0.5, 0.6) is 23.0 Å². The summed E-state index contributed by atoms with van der Waals surface area (Å²) < 4.78 is 0. The molecule has 0 radical (unpaired) electrons. The van der Waals surface area contributed by atoms with Crippen molar-refractivity contribution in [2.45, 2.75) is 17.3 Å². The maximum atomic E-state index is 14.7. The summed E-state index contributed by atoms with van der Waals surface area (Å²) >= 11 is 0. The van der Waals surface area contributed by atoms with E-state index in [0.717, 1.165) is 0 Å². The molecule has 0 heterocycles. The minimum Gasteiger partial charge on any atom is -0.507 e. The van der Waals surface area contributed by atoms with E-state index >= 15 is 0 Å². The fraction of sp³-hybridized carbons (Fsp3) is 0.167. The van der Waals surface area contributed by atoms with E-state index < -0.39 is 28.4 Å². The summed E-state index contributed by atoms with van der Waals surface area (Å²) in [6, 6.07) is 15.6. The highest BCUT2D eigenvalue weighted by Gasteiger charge is 2.80. The van der Waals surface area contributed by atoms with Crippen LogP contribution in [0.2, 0.25) is 0 Å². The second kappa shape index (κ2) is 6.00. The van der Waals surface area contributed by atoms with Crippen molar-refractivity contribution < 1.29 is 34.8 Å². The van der Waals surface area contributed by atoms with E-state index in [-0.39, 0.29) is 57.5 Å². The van der Waals surface area contributed by atoms with Gasteiger partial charge in [0.25, 0.3) is 0 Å². The maximum Gasteiger partial charge on any atom is 0.177 e. The maximum absolute atomic E-state index is 14.7. The molecule has 4 aromatic carbocycles. The molecular weight excluding hydrogens is 472 g/mol. The highest BCUT2D eigenvalue weighted by atomic mass is 16.3. The third kappa shape index (κ3) is 1.80. The summed E-state index contributed by atoms with van der Waals surface area (Å²) in [5, 5.41) is 44.0. The summed E-state index contributed by atoms with van der Waals surface area (Å²) in [5.41, 5.74) is -0.839. The average molecular weight is 490 g/mol. The van der Waals surface area contributed by atoms with Gasteiger partial charge in [0.1, 0.15) is 23.0 Å². The van der Waals surface area contributed by atoms with Crippen LogP contribution in [0.25, 0.3) is 10.8 Å². The van der Waals surface area contributed by atoms with Crippen LogP contribution in [0, 0.1) is 11.8 Å². The van der Waals surface area contributed by atoms with E-state index in [1.165, 1.54) is 24.3 Å². The number of phenolic OH excluding ortho intramolecular Hbond substituents is 4.